The average Bonchev–Trinajstić information content (AvgIpc) is 2.59. The molecule has 0 radical (unpaired) electrons. The van der Waals surface area contributed by atoms with Crippen LogP contribution in [-0.2, 0) is 6.54 Å². The van der Waals surface area contributed by atoms with Gasteiger partial charge in [-0.1, -0.05) is 43.3 Å². The topological polar surface area (TPSA) is 30.5 Å². The van der Waals surface area contributed by atoms with E-state index in [1.807, 2.05) is 12.1 Å². The molecule has 0 aromatic heterocycles. The number of rotatable bonds is 7. The van der Waals surface area contributed by atoms with Crippen LogP contribution in [0.5, 0.6) is 11.5 Å². The molecule has 0 saturated carbocycles. The highest BCUT2D eigenvalue weighted by Gasteiger charge is 2.16. The summed E-state index contributed by atoms with van der Waals surface area (Å²) in [6.45, 7) is 5.31. The molecule has 0 aliphatic rings. The quantitative estimate of drug-likeness (QED) is 0.838. The summed E-state index contributed by atoms with van der Waals surface area (Å²) < 4.78 is 10.7. The number of benzene rings is 2. The van der Waals surface area contributed by atoms with E-state index in [0.29, 0.717) is 12.0 Å². The number of ether oxygens (including phenoxy) is 2. The molecule has 2 rings (SSSR count). The molecule has 1 N–H and O–H groups in total. The van der Waals surface area contributed by atoms with Gasteiger partial charge >= 0.3 is 0 Å². The Morgan fingerprint density at radius 1 is 0.909 bits per heavy atom. The third-order valence-corrected chi connectivity index (χ3v) is 4.15. The fourth-order valence-electron chi connectivity index (χ4n) is 2.48. The van der Waals surface area contributed by atoms with Crippen molar-refractivity contribution >= 4 is 0 Å². The smallest absolute Gasteiger partial charge is 0.160 e. The van der Waals surface area contributed by atoms with Gasteiger partial charge in [0.2, 0.25) is 0 Å². The minimum atomic E-state index is 0.360. The van der Waals surface area contributed by atoms with E-state index in [0.717, 1.165) is 18.0 Å². The first-order valence-corrected chi connectivity index (χ1v) is 7.65. The Bertz CT molecular complexity index is 583. The molecule has 2 atom stereocenters. The van der Waals surface area contributed by atoms with Crippen molar-refractivity contribution in [3.05, 3.63) is 59.7 Å². The zero-order valence-electron chi connectivity index (χ0n) is 13.8. The minimum Gasteiger partial charge on any atom is -0.493 e. The van der Waals surface area contributed by atoms with Gasteiger partial charge in [0, 0.05) is 12.6 Å². The zero-order chi connectivity index (χ0) is 15.9. The molecule has 0 amide bonds. The fraction of sp³-hybridized carbons (Fsp3) is 0.368. The lowest BCUT2D eigenvalue weighted by molar-refractivity contribution is 0.353. The Labute approximate surface area is 133 Å². The average molecular weight is 299 g/mol. The molecule has 0 aliphatic carbocycles. The van der Waals surface area contributed by atoms with Crippen molar-refractivity contribution in [2.75, 3.05) is 14.2 Å². The number of methoxy groups -OCH3 is 2. The summed E-state index contributed by atoms with van der Waals surface area (Å²) >= 11 is 0. The van der Waals surface area contributed by atoms with Gasteiger partial charge in [-0.3, -0.25) is 0 Å². The molecule has 118 valence electrons. The van der Waals surface area contributed by atoms with E-state index in [9.17, 15) is 0 Å². The second-order valence-corrected chi connectivity index (χ2v) is 5.56. The van der Waals surface area contributed by atoms with E-state index in [1.54, 1.807) is 14.2 Å². The van der Waals surface area contributed by atoms with Gasteiger partial charge in [0.15, 0.2) is 11.5 Å². The van der Waals surface area contributed by atoms with Gasteiger partial charge in [0.05, 0.1) is 14.2 Å². The Morgan fingerprint density at radius 3 is 2.23 bits per heavy atom. The van der Waals surface area contributed by atoms with Crippen molar-refractivity contribution in [2.24, 2.45) is 0 Å². The minimum absolute atomic E-state index is 0.360. The lowest BCUT2D eigenvalue weighted by atomic mass is 9.94. The molecule has 2 aromatic rings. The zero-order valence-corrected chi connectivity index (χ0v) is 13.8. The van der Waals surface area contributed by atoms with Gasteiger partial charge in [-0.15, -0.1) is 0 Å². The highest BCUT2D eigenvalue weighted by atomic mass is 16.5. The molecule has 0 fully saturated rings. The second kappa shape index (κ2) is 7.85. The summed E-state index contributed by atoms with van der Waals surface area (Å²) in [6.07, 6.45) is 0. The maximum absolute atomic E-state index is 5.39. The number of nitrogens with one attached hydrogen (secondary N) is 1. The first-order chi connectivity index (χ1) is 10.7. The van der Waals surface area contributed by atoms with Gasteiger partial charge < -0.3 is 14.8 Å². The molecule has 2 aromatic carbocycles. The van der Waals surface area contributed by atoms with E-state index >= 15 is 0 Å². The molecule has 0 unspecified atom stereocenters. The van der Waals surface area contributed by atoms with Crippen LogP contribution < -0.4 is 14.8 Å². The van der Waals surface area contributed by atoms with Crippen LogP contribution in [0.1, 0.15) is 30.9 Å². The van der Waals surface area contributed by atoms with E-state index < -0.39 is 0 Å². The normalized spacial score (nSPS) is 13.5. The van der Waals surface area contributed by atoms with Crippen LogP contribution in [0.3, 0.4) is 0 Å². The van der Waals surface area contributed by atoms with Crippen LogP contribution in [0.2, 0.25) is 0 Å². The summed E-state index contributed by atoms with van der Waals surface area (Å²) in [7, 11) is 3.33. The molecule has 0 heterocycles. The van der Waals surface area contributed by atoms with Gasteiger partial charge in [-0.05, 0) is 36.1 Å². The third-order valence-electron chi connectivity index (χ3n) is 4.15. The van der Waals surface area contributed by atoms with Crippen molar-refractivity contribution in [3.8, 4) is 11.5 Å². The molecular weight excluding hydrogens is 274 g/mol. The Balaban J connectivity index is 2.02. The van der Waals surface area contributed by atoms with Gasteiger partial charge in [-0.25, -0.2) is 0 Å². The van der Waals surface area contributed by atoms with Gasteiger partial charge in [-0.2, -0.15) is 0 Å². The SMILES string of the molecule is COc1ccc([C@@H](C)[C@H](C)NCc2ccccc2)cc1OC. The van der Waals surface area contributed by atoms with E-state index in [1.165, 1.54) is 11.1 Å². The van der Waals surface area contributed by atoms with Gasteiger partial charge in [0.1, 0.15) is 0 Å². The molecule has 0 aliphatic heterocycles. The fourth-order valence-corrected chi connectivity index (χ4v) is 2.48. The Hall–Kier alpha value is -2.00. The summed E-state index contributed by atoms with van der Waals surface area (Å²) in [4.78, 5) is 0. The summed E-state index contributed by atoms with van der Waals surface area (Å²) in [5.41, 5.74) is 2.54. The van der Waals surface area contributed by atoms with Crippen molar-refractivity contribution in [1.82, 2.24) is 5.32 Å². The lowest BCUT2D eigenvalue weighted by Gasteiger charge is -2.23. The highest BCUT2D eigenvalue weighted by Crippen LogP contribution is 2.31. The molecule has 3 heteroatoms. The maximum atomic E-state index is 5.39. The van der Waals surface area contributed by atoms with Crippen LogP contribution in [0.15, 0.2) is 48.5 Å². The van der Waals surface area contributed by atoms with E-state index in [-0.39, 0.29) is 0 Å². The van der Waals surface area contributed by atoms with Crippen LogP contribution in [0.25, 0.3) is 0 Å². The molecule has 0 bridgehead atoms. The molecular formula is C19H25NO2. The molecule has 3 nitrogen and oxygen atoms in total. The maximum Gasteiger partial charge on any atom is 0.160 e. The van der Waals surface area contributed by atoms with Crippen molar-refractivity contribution in [3.63, 3.8) is 0 Å². The molecule has 0 saturated heterocycles. The van der Waals surface area contributed by atoms with Crippen molar-refractivity contribution < 1.29 is 9.47 Å². The first-order valence-electron chi connectivity index (χ1n) is 7.65. The van der Waals surface area contributed by atoms with Crippen LogP contribution in [0.4, 0.5) is 0 Å². The third kappa shape index (κ3) is 4.01. The molecule has 22 heavy (non-hydrogen) atoms. The summed E-state index contributed by atoms with van der Waals surface area (Å²) in [6, 6.07) is 16.9. The van der Waals surface area contributed by atoms with Crippen LogP contribution in [-0.4, -0.2) is 20.3 Å². The number of hydrogen-bond acceptors (Lipinski definition) is 3. The van der Waals surface area contributed by atoms with Crippen LogP contribution >= 0.6 is 0 Å². The largest absolute Gasteiger partial charge is 0.493 e. The number of hydrogen-bond donors (Lipinski definition) is 1. The Morgan fingerprint density at radius 2 is 1.59 bits per heavy atom. The second-order valence-electron chi connectivity index (χ2n) is 5.56. The van der Waals surface area contributed by atoms with Gasteiger partial charge in [0.25, 0.3) is 0 Å². The monoisotopic (exact) mass is 299 g/mol. The van der Waals surface area contributed by atoms with Crippen molar-refractivity contribution in [1.29, 1.82) is 0 Å². The van der Waals surface area contributed by atoms with Crippen LogP contribution in [0, 0.1) is 0 Å². The summed E-state index contributed by atoms with van der Waals surface area (Å²) in [5.74, 6) is 1.92. The predicted molar refractivity (Wildman–Crippen MR) is 90.7 cm³/mol. The highest BCUT2D eigenvalue weighted by molar-refractivity contribution is 5.44. The molecule has 0 spiro atoms. The Kier molecular flexibility index (Phi) is 5.84. The van der Waals surface area contributed by atoms with Crippen molar-refractivity contribution in [2.45, 2.75) is 32.4 Å². The standard InChI is InChI=1S/C19H25NO2/c1-14(15(2)20-13-16-8-6-5-7-9-16)17-10-11-18(21-3)19(12-17)22-4/h5-12,14-15,20H,13H2,1-4H3/t14-,15-/m0/s1. The predicted octanol–water partition coefficient (Wildman–Crippen LogP) is 3.99. The van der Waals surface area contributed by atoms with E-state index in [4.69, 9.17) is 9.47 Å². The summed E-state index contributed by atoms with van der Waals surface area (Å²) in [5, 5.41) is 3.59. The van der Waals surface area contributed by atoms with E-state index in [2.05, 4.69) is 55.6 Å². The lowest BCUT2D eigenvalue weighted by Crippen LogP contribution is -2.30. The first kappa shape index (κ1) is 16.4.